The number of rotatable bonds is 7. The lowest BCUT2D eigenvalue weighted by Gasteiger charge is -2.29. The quantitative estimate of drug-likeness (QED) is 0.662. The summed E-state index contributed by atoms with van der Waals surface area (Å²) in [5.74, 6) is 0.964. The minimum absolute atomic E-state index is 0.0682. The molecule has 0 aromatic heterocycles. The number of carbonyl (C=O) groups is 1. The van der Waals surface area contributed by atoms with Crippen LogP contribution >= 0.6 is 11.6 Å². The highest BCUT2D eigenvalue weighted by molar-refractivity contribution is 7.89. The Morgan fingerprint density at radius 3 is 2.41 bits per heavy atom. The molecule has 0 unspecified atom stereocenters. The number of methoxy groups -OCH3 is 1. The SMILES string of the molecule is COc1ccc(NCC(=O)c2ccc(S(=O)(=O)N3CCC(C)CC3)cc2)cc1Cl. The van der Waals surface area contributed by atoms with Gasteiger partial charge in [0.15, 0.2) is 5.78 Å². The zero-order valence-electron chi connectivity index (χ0n) is 16.5. The number of Topliss-reactive ketones (excluding diaryl/α,β-unsaturated/α-hetero) is 1. The highest BCUT2D eigenvalue weighted by Gasteiger charge is 2.28. The van der Waals surface area contributed by atoms with Crippen LogP contribution in [0.3, 0.4) is 0 Å². The topological polar surface area (TPSA) is 75.7 Å². The number of sulfonamides is 1. The molecule has 3 rings (SSSR count). The first-order valence-corrected chi connectivity index (χ1v) is 11.3. The van der Waals surface area contributed by atoms with Gasteiger partial charge in [-0.1, -0.05) is 18.5 Å². The molecule has 6 nitrogen and oxygen atoms in total. The Hall–Kier alpha value is -2.09. The van der Waals surface area contributed by atoms with Crippen LogP contribution in [0.4, 0.5) is 5.69 Å². The van der Waals surface area contributed by atoms with Crippen molar-refractivity contribution in [1.82, 2.24) is 4.31 Å². The number of hydrogen-bond acceptors (Lipinski definition) is 5. The van der Waals surface area contributed by atoms with Crippen LogP contribution in [-0.2, 0) is 10.0 Å². The van der Waals surface area contributed by atoms with E-state index < -0.39 is 10.0 Å². The van der Waals surface area contributed by atoms with Gasteiger partial charge in [-0.05, 0) is 61.2 Å². The van der Waals surface area contributed by atoms with E-state index in [1.807, 2.05) is 0 Å². The normalized spacial score (nSPS) is 15.8. The molecule has 1 aliphatic heterocycles. The third-order valence-corrected chi connectivity index (χ3v) is 7.37. The number of ether oxygens (including phenoxy) is 1. The maximum absolute atomic E-state index is 12.8. The lowest BCUT2D eigenvalue weighted by atomic mass is 10.0. The zero-order chi connectivity index (χ0) is 21.0. The summed E-state index contributed by atoms with van der Waals surface area (Å²) in [6, 6.07) is 11.3. The number of piperidine rings is 1. The van der Waals surface area contributed by atoms with Gasteiger partial charge in [0.2, 0.25) is 10.0 Å². The number of anilines is 1. The average molecular weight is 437 g/mol. The molecule has 1 fully saturated rings. The Morgan fingerprint density at radius 1 is 1.17 bits per heavy atom. The van der Waals surface area contributed by atoms with Gasteiger partial charge < -0.3 is 10.1 Å². The van der Waals surface area contributed by atoms with Gasteiger partial charge in [0.1, 0.15) is 5.75 Å². The van der Waals surface area contributed by atoms with Gasteiger partial charge in [-0.2, -0.15) is 4.31 Å². The number of halogens is 1. The zero-order valence-corrected chi connectivity index (χ0v) is 18.1. The lowest BCUT2D eigenvalue weighted by Crippen LogP contribution is -2.37. The summed E-state index contributed by atoms with van der Waals surface area (Å²) >= 11 is 6.08. The number of nitrogens with one attached hydrogen (secondary N) is 1. The molecule has 0 atom stereocenters. The monoisotopic (exact) mass is 436 g/mol. The molecule has 1 heterocycles. The van der Waals surface area contributed by atoms with Crippen molar-refractivity contribution >= 4 is 33.1 Å². The summed E-state index contributed by atoms with van der Waals surface area (Å²) in [6.45, 7) is 3.29. The van der Waals surface area contributed by atoms with E-state index in [-0.39, 0.29) is 17.2 Å². The molecular formula is C21H25ClN2O4S. The van der Waals surface area contributed by atoms with Crippen molar-refractivity contribution in [2.45, 2.75) is 24.7 Å². The van der Waals surface area contributed by atoms with Gasteiger partial charge in [0, 0.05) is 24.3 Å². The molecule has 8 heteroatoms. The first-order valence-electron chi connectivity index (χ1n) is 9.52. The Kier molecular flexibility index (Phi) is 6.82. The maximum Gasteiger partial charge on any atom is 0.243 e. The summed E-state index contributed by atoms with van der Waals surface area (Å²) in [6.07, 6.45) is 1.74. The van der Waals surface area contributed by atoms with Crippen molar-refractivity contribution in [3.8, 4) is 5.75 Å². The first kappa shape index (κ1) is 21.6. The van der Waals surface area contributed by atoms with E-state index in [0.717, 1.165) is 12.8 Å². The van der Waals surface area contributed by atoms with E-state index in [2.05, 4.69) is 12.2 Å². The Morgan fingerprint density at radius 2 is 1.83 bits per heavy atom. The summed E-state index contributed by atoms with van der Waals surface area (Å²) in [5, 5.41) is 3.47. The van der Waals surface area contributed by atoms with Crippen LogP contribution in [0.2, 0.25) is 5.02 Å². The standard InChI is InChI=1S/C21H25ClN2O4S/c1-15-9-11-24(12-10-15)29(26,27)18-6-3-16(4-7-18)20(25)14-23-17-5-8-21(28-2)19(22)13-17/h3-8,13,15,23H,9-12,14H2,1-2H3. The Labute approximate surface area is 176 Å². The molecule has 1 saturated heterocycles. The number of nitrogens with zero attached hydrogens (tertiary/aromatic N) is 1. The molecular weight excluding hydrogens is 412 g/mol. The molecule has 0 amide bonds. The molecule has 156 valence electrons. The smallest absolute Gasteiger partial charge is 0.243 e. The lowest BCUT2D eigenvalue weighted by molar-refractivity contribution is 0.101. The van der Waals surface area contributed by atoms with Gasteiger partial charge in [0.05, 0.1) is 23.6 Å². The van der Waals surface area contributed by atoms with Gasteiger partial charge in [-0.15, -0.1) is 0 Å². The molecule has 1 aliphatic rings. The van der Waals surface area contributed by atoms with Gasteiger partial charge >= 0.3 is 0 Å². The van der Waals surface area contributed by atoms with Gasteiger partial charge in [-0.25, -0.2) is 8.42 Å². The van der Waals surface area contributed by atoms with E-state index in [4.69, 9.17) is 16.3 Å². The molecule has 2 aromatic rings. The summed E-state index contributed by atoms with van der Waals surface area (Å²) in [4.78, 5) is 12.7. The number of hydrogen-bond donors (Lipinski definition) is 1. The van der Waals surface area contributed by atoms with Crippen LogP contribution in [0.5, 0.6) is 5.75 Å². The van der Waals surface area contributed by atoms with E-state index in [9.17, 15) is 13.2 Å². The molecule has 0 saturated carbocycles. The second-order valence-electron chi connectivity index (χ2n) is 7.24. The second kappa shape index (κ2) is 9.15. The van der Waals surface area contributed by atoms with Gasteiger partial charge in [-0.3, -0.25) is 4.79 Å². The molecule has 2 aromatic carbocycles. The summed E-state index contributed by atoms with van der Waals surface area (Å²) in [7, 11) is -1.98. The van der Waals surface area contributed by atoms with Crippen molar-refractivity contribution in [1.29, 1.82) is 0 Å². The fraction of sp³-hybridized carbons (Fsp3) is 0.381. The minimum Gasteiger partial charge on any atom is -0.495 e. The number of carbonyl (C=O) groups excluding carboxylic acids is 1. The van der Waals surface area contributed by atoms with Crippen LogP contribution in [-0.4, -0.2) is 45.3 Å². The van der Waals surface area contributed by atoms with E-state index >= 15 is 0 Å². The van der Waals surface area contributed by atoms with E-state index in [1.165, 1.54) is 23.5 Å². The molecule has 0 bridgehead atoms. The maximum atomic E-state index is 12.8. The molecule has 29 heavy (non-hydrogen) atoms. The number of ketones is 1. The first-order chi connectivity index (χ1) is 13.8. The van der Waals surface area contributed by atoms with Crippen molar-refractivity contribution in [3.63, 3.8) is 0 Å². The van der Waals surface area contributed by atoms with Crippen LogP contribution in [0.1, 0.15) is 30.1 Å². The summed E-state index contributed by atoms with van der Waals surface area (Å²) in [5.41, 5.74) is 1.14. The number of benzene rings is 2. The molecule has 1 N–H and O–H groups in total. The third kappa shape index (κ3) is 5.10. The van der Waals surface area contributed by atoms with Crippen molar-refractivity contribution in [2.75, 3.05) is 32.1 Å². The second-order valence-corrected chi connectivity index (χ2v) is 9.58. The summed E-state index contributed by atoms with van der Waals surface area (Å²) < 4.78 is 32.2. The molecule has 0 aliphatic carbocycles. The van der Waals surface area contributed by atoms with Gasteiger partial charge in [0.25, 0.3) is 0 Å². The molecule has 0 radical (unpaired) electrons. The average Bonchev–Trinajstić information content (AvgIpc) is 2.72. The van der Waals surface area contributed by atoms with Crippen LogP contribution in [0.15, 0.2) is 47.4 Å². The highest BCUT2D eigenvalue weighted by atomic mass is 35.5. The van der Waals surface area contributed by atoms with Crippen molar-refractivity contribution in [2.24, 2.45) is 5.92 Å². The van der Waals surface area contributed by atoms with Crippen LogP contribution in [0.25, 0.3) is 0 Å². The van der Waals surface area contributed by atoms with Crippen molar-refractivity contribution in [3.05, 3.63) is 53.1 Å². The largest absolute Gasteiger partial charge is 0.495 e. The molecule has 0 spiro atoms. The minimum atomic E-state index is -3.51. The van der Waals surface area contributed by atoms with Crippen molar-refractivity contribution < 1.29 is 17.9 Å². The third-order valence-electron chi connectivity index (χ3n) is 5.16. The van der Waals surface area contributed by atoms with E-state index in [0.29, 0.717) is 41.0 Å². The highest BCUT2D eigenvalue weighted by Crippen LogP contribution is 2.27. The van der Waals surface area contributed by atoms with Crippen LogP contribution < -0.4 is 10.1 Å². The predicted molar refractivity (Wildman–Crippen MR) is 114 cm³/mol. The fourth-order valence-electron chi connectivity index (χ4n) is 3.25. The predicted octanol–water partition coefficient (Wildman–Crippen LogP) is 4.06. The Bertz CT molecular complexity index is 969. The fourth-order valence-corrected chi connectivity index (χ4v) is 4.98. The van der Waals surface area contributed by atoms with E-state index in [1.54, 1.807) is 30.3 Å². The van der Waals surface area contributed by atoms with Crippen LogP contribution in [0, 0.1) is 5.92 Å². The Balaban J connectivity index is 1.63.